The number of amides is 2. The van der Waals surface area contributed by atoms with Crippen LogP contribution in [-0.4, -0.2) is 40.4 Å². The highest BCUT2D eigenvalue weighted by Crippen LogP contribution is 2.33. The van der Waals surface area contributed by atoms with Gasteiger partial charge in [0, 0.05) is 36.0 Å². The van der Waals surface area contributed by atoms with E-state index in [1.165, 1.54) is 11.3 Å². The number of hydrogen-bond donors (Lipinski definition) is 1. The molecule has 0 radical (unpaired) electrons. The van der Waals surface area contributed by atoms with Gasteiger partial charge in [-0.3, -0.25) is 9.59 Å². The van der Waals surface area contributed by atoms with Crippen LogP contribution in [0.4, 0.5) is 0 Å². The second-order valence-corrected chi connectivity index (χ2v) is 11.2. The number of nitrogens with zero attached hydrogens (tertiary/aromatic N) is 2. The van der Waals surface area contributed by atoms with Gasteiger partial charge in [-0.15, -0.1) is 11.3 Å². The number of ether oxygens (including phenoxy) is 1. The van der Waals surface area contributed by atoms with Crippen LogP contribution in [0.1, 0.15) is 59.2 Å². The first kappa shape index (κ1) is 26.5. The van der Waals surface area contributed by atoms with Gasteiger partial charge in [-0.2, -0.15) is 0 Å². The third-order valence-corrected chi connectivity index (χ3v) is 7.90. The third kappa shape index (κ3) is 6.20. The number of aryl methyl sites for hydroxylation is 1. The monoisotopic (exact) mass is 545 g/mol. The summed E-state index contributed by atoms with van der Waals surface area (Å²) in [6, 6.07) is 12.8. The highest BCUT2D eigenvalue weighted by molar-refractivity contribution is 7.09. The summed E-state index contributed by atoms with van der Waals surface area (Å²) in [6.45, 7) is 7.13. The molecule has 3 aromatic rings. The van der Waals surface area contributed by atoms with Crippen molar-refractivity contribution in [2.75, 3.05) is 13.1 Å². The number of likely N-dealkylation sites (tertiary alicyclic amines) is 1. The predicted octanol–water partition coefficient (Wildman–Crippen LogP) is 6.25. The van der Waals surface area contributed by atoms with Crippen molar-refractivity contribution >= 4 is 46.4 Å². The lowest BCUT2D eigenvalue weighted by Crippen LogP contribution is -2.51. The van der Waals surface area contributed by atoms with Crippen LogP contribution >= 0.6 is 34.5 Å². The van der Waals surface area contributed by atoms with Crippen LogP contribution in [0.2, 0.25) is 10.0 Å². The van der Waals surface area contributed by atoms with E-state index < -0.39 is 5.60 Å². The number of halogens is 2. The van der Waals surface area contributed by atoms with E-state index in [4.69, 9.17) is 27.9 Å². The van der Waals surface area contributed by atoms with Crippen molar-refractivity contribution in [3.05, 3.63) is 79.7 Å². The molecule has 0 spiro atoms. The van der Waals surface area contributed by atoms with E-state index in [1.807, 2.05) is 42.2 Å². The number of thiazole rings is 1. The minimum Gasteiger partial charge on any atom is -0.476 e. The average molecular weight is 547 g/mol. The Balaban J connectivity index is 1.31. The summed E-state index contributed by atoms with van der Waals surface area (Å²) in [5, 5.41) is 6.83. The molecule has 9 heteroatoms. The van der Waals surface area contributed by atoms with Crippen LogP contribution in [0.5, 0.6) is 5.75 Å². The molecule has 2 aromatic carbocycles. The molecular formula is C27H29Cl2N3O3S. The largest absolute Gasteiger partial charge is 0.476 e. The van der Waals surface area contributed by atoms with Crippen molar-refractivity contribution in [1.82, 2.24) is 15.2 Å². The average Bonchev–Trinajstić information content (AvgIpc) is 3.35. The van der Waals surface area contributed by atoms with Gasteiger partial charge in [0.2, 0.25) is 0 Å². The zero-order chi connectivity index (χ0) is 25.9. The maximum absolute atomic E-state index is 13.2. The minimum atomic E-state index is -1.04. The van der Waals surface area contributed by atoms with E-state index in [1.54, 1.807) is 31.4 Å². The number of rotatable bonds is 7. The fraction of sp³-hybridized carbons (Fsp3) is 0.370. The maximum atomic E-state index is 13.2. The molecular weight excluding hydrogens is 517 g/mol. The lowest BCUT2D eigenvalue weighted by Gasteiger charge is -2.36. The Morgan fingerprint density at radius 1 is 1.17 bits per heavy atom. The quantitative estimate of drug-likeness (QED) is 0.380. The van der Waals surface area contributed by atoms with Crippen LogP contribution in [-0.2, 0) is 11.3 Å². The molecule has 1 aromatic heterocycles. The van der Waals surface area contributed by atoms with Crippen molar-refractivity contribution in [2.45, 2.75) is 51.7 Å². The molecule has 0 aliphatic carbocycles. The fourth-order valence-corrected chi connectivity index (χ4v) is 5.63. The van der Waals surface area contributed by atoms with E-state index in [2.05, 4.69) is 10.3 Å². The van der Waals surface area contributed by atoms with Crippen LogP contribution in [0.25, 0.3) is 0 Å². The van der Waals surface area contributed by atoms with Crippen molar-refractivity contribution in [3.63, 3.8) is 0 Å². The van der Waals surface area contributed by atoms with Gasteiger partial charge < -0.3 is 15.0 Å². The molecule has 4 rings (SSSR count). The van der Waals surface area contributed by atoms with Crippen LogP contribution < -0.4 is 10.1 Å². The number of aromatic nitrogens is 1. The zero-order valence-corrected chi connectivity index (χ0v) is 22.8. The summed E-state index contributed by atoms with van der Waals surface area (Å²) in [5.74, 6) is 0.439. The molecule has 0 saturated carbocycles. The van der Waals surface area contributed by atoms with Gasteiger partial charge in [0.1, 0.15) is 11.4 Å². The second kappa shape index (κ2) is 11.2. The van der Waals surface area contributed by atoms with Crippen molar-refractivity contribution < 1.29 is 14.3 Å². The first-order valence-electron chi connectivity index (χ1n) is 11.9. The minimum absolute atomic E-state index is 0.0717. The predicted molar refractivity (Wildman–Crippen MR) is 144 cm³/mol. The Morgan fingerprint density at radius 2 is 1.89 bits per heavy atom. The van der Waals surface area contributed by atoms with Crippen molar-refractivity contribution in [1.29, 1.82) is 0 Å². The lowest BCUT2D eigenvalue weighted by molar-refractivity contribution is -0.146. The second-order valence-electron chi connectivity index (χ2n) is 9.43. The molecule has 1 fully saturated rings. The molecule has 1 N–H and O–H groups in total. The molecule has 0 bridgehead atoms. The van der Waals surface area contributed by atoms with E-state index in [0.717, 1.165) is 29.0 Å². The smallest absolute Gasteiger partial charge is 0.271 e. The molecule has 0 atom stereocenters. The van der Waals surface area contributed by atoms with Crippen LogP contribution in [0.3, 0.4) is 0 Å². The maximum Gasteiger partial charge on any atom is 0.271 e. The van der Waals surface area contributed by atoms with Gasteiger partial charge in [0.15, 0.2) is 5.60 Å². The van der Waals surface area contributed by atoms with E-state index in [-0.39, 0.29) is 17.7 Å². The van der Waals surface area contributed by atoms with E-state index >= 15 is 0 Å². The van der Waals surface area contributed by atoms with E-state index in [9.17, 15) is 9.59 Å². The Bertz CT molecular complexity index is 1250. The Labute approximate surface area is 225 Å². The summed E-state index contributed by atoms with van der Waals surface area (Å²) in [5.41, 5.74) is 1.44. The number of benzene rings is 2. The molecule has 6 nitrogen and oxygen atoms in total. The van der Waals surface area contributed by atoms with E-state index in [0.29, 0.717) is 41.1 Å². The highest BCUT2D eigenvalue weighted by atomic mass is 35.5. The van der Waals surface area contributed by atoms with Gasteiger partial charge in [-0.25, -0.2) is 4.98 Å². The van der Waals surface area contributed by atoms with Gasteiger partial charge in [-0.1, -0.05) is 41.4 Å². The molecule has 1 saturated heterocycles. The third-order valence-electron chi connectivity index (χ3n) is 6.35. The Kier molecular flexibility index (Phi) is 8.23. The summed E-state index contributed by atoms with van der Waals surface area (Å²) < 4.78 is 5.97. The summed E-state index contributed by atoms with van der Waals surface area (Å²) >= 11 is 13.7. The molecule has 2 heterocycles. The van der Waals surface area contributed by atoms with Crippen LogP contribution in [0, 0.1) is 6.92 Å². The first-order chi connectivity index (χ1) is 17.1. The van der Waals surface area contributed by atoms with Gasteiger partial charge in [0.25, 0.3) is 11.8 Å². The fourth-order valence-electron chi connectivity index (χ4n) is 4.26. The number of carbonyl (C=O) groups excluding carboxylic acids is 2. The molecule has 190 valence electrons. The summed E-state index contributed by atoms with van der Waals surface area (Å²) in [7, 11) is 0. The Morgan fingerprint density at radius 3 is 2.58 bits per heavy atom. The highest BCUT2D eigenvalue weighted by Gasteiger charge is 2.37. The van der Waals surface area contributed by atoms with Crippen molar-refractivity contribution in [3.8, 4) is 5.75 Å². The van der Waals surface area contributed by atoms with Gasteiger partial charge in [-0.05, 0) is 69.0 Å². The summed E-state index contributed by atoms with van der Waals surface area (Å²) in [4.78, 5) is 32.3. The standard InChI is InChI=1S/C27H29Cl2N3O3S/c1-17-14-20(28)9-8-19(17)15-30-24(33)22-16-36-25(31-22)18-10-12-32(13-11-18)26(34)27(2,3)35-23-7-5-4-6-21(23)29/h4-9,14,16,18H,10-13,15H2,1-3H3,(H,30,33). The normalized spacial score (nSPS) is 14.5. The van der Waals surface area contributed by atoms with Crippen molar-refractivity contribution in [2.24, 2.45) is 0 Å². The van der Waals surface area contributed by atoms with Gasteiger partial charge >= 0.3 is 0 Å². The summed E-state index contributed by atoms with van der Waals surface area (Å²) in [6.07, 6.45) is 1.57. The SMILES string of the molecule is Cc1cc(Cl)ccc1CNC(=O)c1csc(C2CCN(C(=O)C(C)(C)Oc3ccccc3Cl)CC2)n1. The van der Waals surface area contributed by atoms with Gasteiger partial charge in [0.05, 0.1) is 10.0 Å². The number of carbonyl (C=O) groups is 2. The molecule has 36 heavy (non-hydrogen) atoms. The topological polar surface area (TPSA) is 71.5 Å². The number of para-hydroxylation sites is 1. The Hall–Kier alpha value is -2.61. The number of piperidine rings is 1. The molecule has 1 aliphatic heterocycles. The number of hydrogen-bond acceptors (Lipinski definition) is 5. The molecule has 2 amide bonds. The molecule has 1 aliphatic rings. The lowest BCUT2D eigenvalue weighted by atomic mass is 9.96. The number of nitrogens with one attached hydrogen (secondary N) is 1. The zero-order valence-electron chi connectivity index (χ0n) is 20.5. The van der Waals surface area contributed by atoms with Crippen LogP contribution in [0.15, 0.2) is 47.8 Å². The molecule has 0 unspecified atom stereocenters. The first-order valence-corrected chi connectivity index (χ1v) is 13.5.